The highest BCUT2D eigenvalue weighted by molar-refractivity contribution is 5.95. The zero-order valence-electron chi connectivity index (χ0n) is 11.9. The second kappa shape index (κ2) is 4.92. The van der Waals surface area contributed by atoms with Gasteiger partial charge in [-0.05, 0) is 44.7 Å². The van der Waals surface area contributed by atoms with Gasteiger partial charge in [0.05, 0.1) is 6.61 Å². The maximum Gasteiger partial charge on any atom is 0.110 e. The fraction of sp³-hybridized carbons (Fsp3) is 0.158. The van der Waals surface area contributed by atoms with Crippen LogP contribution in [0.4, 0.5) is 0 Å². The molecule has 0 radical (unpaired) electrons. The number of aliphatic hydroxyl groups excluding tert-OH is 3. The highest BCUT2D eigenvalue weighted by atomic mass is 16.3. The normalized spacial score (nSPS) is 19.8. The fourth-order valence-corrected chi connectivity index (χ4v) is 3.48. The molecule has 0 bridgehead atoms. The molecule has 0 aromatic heterocycles. The van der Waals surface area contributed by atoms with Gasteiger partial charge in [-0.2, -0.15) is 0 Å². The number of hydrogen-bond donors (Lipinski definition) is 3. The monoisotopic (exact) mass is 292 g/mol. The minimum Gasteiger partial charge on any atom is -0.392 e. The predicted molar refractivity (Wildman–Crippen MR) is 85.2 cm³/mol. The van der Waals surface area contributed by atoms with Crippen LogP contribution in [0.25, 0.3) is 21.9 Å². The molecular formula is C19H16O3. The van der Waals surface area contributed by atoms with Crippen LogP contribution >= 0.6 is 0 Å². The maximum atomic E-state index is 10.5. The third kappa shape index (κ3) is 1.74. The summed E-state index contributed by atoms with van der Waals surface area (Å²) in [6.45, 7) is -0.110. The van der Waals surface area contributed by atoms with E-state index in [-0.39, 0.29) is 6.61 Å². The summed E-state index contributed by atoms with van der Waals surface area (Å²) in [5.41, 5.74) is 3.90. The van der Waals surface area contributed by atoms with E-state index in [9.17, 15) is 15.3 Å². The molecule has 0 aliphatic heterocycles. The average molecular weight is 292 g/mol. The van der Waals surface area contributed by atoms with Crippen molar-refractivity contribution in [3.63, 3.8) is 0 Å². The number of aliphatic hydroxyl groups is 3. The van der Waals surface area contributed by atoms with Crippen molar-refractivity contribution in [3.05, 3.63) is 71.3 Å². The van der Waals surface area contributed by atoms with Crippen molar-refractivity contribution in [1.29, 1.82) is 0 Å². The van der Waals surface area contributed by atoms with Gasteiger partial charge in [-0.3, -0.25) is 0 Å². The first kappa shape index (κ1) is 13.5. The van der Waals surface area contributed by atoms with Crippen LogP contribution in [-0.4, -0.2) is 15.3 Å². The molecule has 3 aromatic rings. The Morgan fingerprint density at radius 2 is 1.50 bits per heavy atom. The number of fused-ring (bicyclic) bond motifs is 4. The lowest BCUT2D eigenvalue weighted by molar-refractivity contribution is 0.0158. The topological polar surface area (TPSA) is 60.7 Å². The molecule has 110 valence electrons. The Balaban J connectivity index is 2.17. The van der Waals surface area contributed by atoms with Crippen LogP contribution in [0.3, 0.4) is 0 Å². The summed E-state index contributed by atoms with van der Waals surface area (Å²) < 4.78 is 0. The van der Waals surface area contributed by atoms with Crippen LogP contribution in [0.15, 0.2) is 54.6 Å². The summed E-state index contributed by atoms with van der Waals surface area (Å²) >= 11 is 0. The zero-order chi connectivity index (χ0) is 15.3. The molecule has 3 aromatic carbocycles. The Morgan fingerprint density at radius 1 is 0.818 bits per heavy atom. The molecule has 22 heavy (non-hydrogen) atoms. The second-order valence-corrected chi connectivity index (χ2v) is 5.68. The lowest BCUT2D eigenvalue weighted by Crippen LogP contribution is -2.18. The van der Waals surface area contributed by atoms with Crippen LogP contribution in [0.2, 0.25) is 0 Å². The predicted octanol–water partition coefficient (Wildman–Crippen LogP) is 3.08. The molecule has 0 amide bonds. The fourth-order valence-electron chi connectivity index (χ4n) is 3.48. The van der Waals surface area contributed by atoms with Gasteiger partial charge in [-0.1, -0.05) is 48.5 Å². The third-order valence-electron chi connectivity index (χ3n) is 4.51. The van der Waals surface area contributed by atoms with Crippen molar-refractivity contribution in [2.24, 2.45) is 0 Å². The van der Waals surface area contributed by atoms with Gasteiger partial charge < -0.3 is 15.3 Å². The van der Waals surface area contributed by atoms with Crippen LogP contribution in [0.5, 0.6) is 0 Å². The molecule has 2 atom stereocenters. The number of hydrogen-bond acceptors (Lipinski definition) is 3. The molecule has 0 saturated carbocycles. The molecule has 0 unspecified atom stereocenters. The van der Waals surface area contributed by atoms with Gasteiger partial charge in [-0.15, -0.1) is 0 Å². The zero-order valence-corrected chi connectivity index (χ0v) is 11.9. The van der Waals surface area contributed by atoms with Crippen molar-refractivity contribution in [2.45, 2.75) is 18.8 Å². The van der Waals surface area contributed by atoms with Gasteiger partial charge >= 0.3 is 0 Å². The number of benzene rings is 3. The quantitative estimate of drug-likeness (QED) is 0.646. The Morgan fingerprint density at radius 3 is 2.32 bits per heavy atom. The van der Waals surface area contributed by atoms with Gasteiger partial charge in [0.2, 0.25) is 0 Å². The lowest BCUT2D eigenvalue weighted by Gasteiger charge is -2.31. The van der Waals surface area contributed by atoms with E-state index >= 15 is 0 Å². The molecule has 0 spiro atoms. The van der Waals surface area contributed by atoms with Crippen LogP contribution in [0, 0.1) is 0 Å². The Kier molecular flexibility index (Phi) is 3.01. The van der Waals surface area contributed by atoms with E-state index < -0.39 is 12.2 Å². The summed E-state index contributed by atoms with van der Waals surface area (Å²) in [5, 5.41) is 32.8. The SMILES string of the molecule is OCc1c2c(cc3ccccc13)[C@@H](O)[C@H](O)c1ccccc1-2. The molecule has 1 aliphatic carbocycles. The highest BCUT2D eigenvalue weighted by Crippen LogP contribution is 2.47. The van der Waals surface area contributed by atoms with Crippen molar-refractivity contribution in [3.8, 4) is 11.1 Å². The first-order chi connectivity index (χ1) is 10.7. The minimum absolute atomic E-state index is 0.110. The maximum absolute atomic E-state index is 10.5. The lowest BCUT2D eigenvalue weighted by atomic mass is 9.78. The summed E-state index contributed by atoms with van der Waals surface area (Å²) in [7, 11) is 0. The van der Waals surface area contributed by atoms with Gasteiger partial charge in [0.25, 0.3) is 0 Å². The molecule has 3 N–H and O–H groups in total. The molecule has 1 aliphatic rings. The van der Waals surface area contributed by atoms with E-state index in [1.807, 2.05) is 54.6 Å². The van der Waals surface area contributed by atoms with E-state index in [0.717, 1.165) is 27.5 Å². The molecule has 0 heterocycles. The molecule has 3 nitrogen and oxygen atoms in total. The first-order valence-corrected chi connectivity index (χ1v) is 7.33. The molecular weight excluding hydrogens is 276 g/mol. The van der Waals surface area contributed by atoms with Crippen molar-refractivity contribution < 1.29 is 15.3 Å². The minimum atomic E-state index is -0.986. The summed E-state index contributed by atoms with van der Waals surface area (Å²) in [4.78, 5) is 0. The molecule has 3 heteroatoms. The Hall–Kier alpha value is -2.20. The van der Waals surface area contributed by atoms with E-state index in [1.54, 1.807) is 0 Å². The third-order valence-corrected chi connectivity index (χ3v) is 4.51. The van der Waals surface area contributed by atoms with E-state index in [0.29, 0.717) is 11.1 Å². The van der Waals surface area contributed by atoms with E-state index in [4.69, 9.17) is 0 Å². The van der Waals surface area contributed by atoms with Crippen LogP contribution in [-0.2, 0) is 6.61 Å². The summed E-state index contributed by atoms with van der Waals surface area (Å²) in [6.07, 6.45) is -1.93. The molecule has 0 fully saturated rings. The summed E-state index contributed by atoms with van der Waals surface area (Å²) in [5.74, 6) is 0. The number of rotatable bonds is 1. The van der Waals surface area contributed by atoms with Gasteiger partial charge in [0.1, 0.15) is 12.2 Å². The standard InChI is InChI=1S/C19H16O3/c20-10-16-12-6-2-1-5-11(12)9-15-17(16)13-7-3-4-8-14(13)18(21)19(15)22/h1-9,18-22H,10H2/t18-,19-/m1/s1. The van der Waals surface area contributed by atoms with E-state index in [1.165, 1.54) is 0 Å². The summed E-state index contributed by atoms with van der Waals surface area (Å²) in [6, 6.07) is 17.2. The van der Waals surface area contributed by atoms with Crippen molar-refractivity contribution in [2.75, 3.05) is 0 Å². The van der Waals surface area contributed by atoms with Crippen LogP contribution in [0.1, 0.15) is 28.9 Å². The van der Waals surface area contributed by atoms with Gasteiger partial charge in [-0.25, -0.2) is 0 Å². The first-order valence-electron chi connectivity index (χ1n) is 7.33. The Bertz CT molecular complexity index is 870. The largest absolute Gasteiger partial charge is 0.392 e. The van der Waals surface area contributed by atoms with Gasteiger partial charge in [0.15, 0.2) is 0 Å². The van der Waals surface area contributed by atoms with Crippen molar-refractivity contribution in [1.82, 2.24) is 0 Å². The molecule has 4 rings (SSSR count). The van der Waals surface area contributed by atoms with Crippen LogP contribution < -0.4 is 0 Å². The smallest absolute Gasteiger partial charge is 0.110 e. The highest BCUT2D eigenvalue weighted by Gasteiger charge is 2.32. The van der Waals surface area contributed by atoms with Gasteiger partial charge in [0, 0.05) is 0 Å². The average Bonchev–Trinajstić information content (AvgIpc) is 2.57. The second-order valence-electron chi connectivity index (χ2n) is 5.68. The molecule has 0 saturated heterocycles. The Labute approximate surface area is 128 Å². The van der Waals surface area contributed by atoms with E-state index in [2.05, 4.69) is 0 Å². The van der Waals surface area contributed by atoms with Crippen molar-refractivity contribution >= 4 is 10.8 Å².